The lowest BCUT2D eigenvalue weighted by molar-refractivity contribution is -0.133. The summed E-state index contributed by atoms with van der Waals surface area (Å²) < 4.78 is 5.69. The molecule has 0 aromatic heterocycles. The Kier molecular flexibility index (Phi) is 8.30. The van der Waals surface area contributed by atoms with E-state index in [-0.39, 0.29) is 16.3 Å². The normalized spacial score (nSPS) is 10.7. The lowest BCUT2D eigenvalue weighted by atomic mass is 10.1. The minimum absolute atomic E-state index is 0.0709. The van der Waals surface area contributed by atoms with Gasteiger partial charge in [-0.1, -0.05) is 35.3 Å². The maximum atomic E-state index is 13.0. The Labute approximate surface area is 204 Å². The van der Waals surface area contributed by atoms with E-state index in [0.29, 0.717) is 28.0 Å². The maximum Gasteiger partial charge on any atom is 0.335 e. The molecule has 11 heteroatoms. The van der Waals surface area contributed by atoms with Crippen LogP contribution in [-0.2, 0) is 21.0 Å². The summed E-state index contributed by atoms with van der Waals surface area (Å²) in [5, 5.41) is 14.2. The first kappa shape index (κ1) is 25.3. The summed E-state index contributed by atoms with van der Waals surface area (Å²) in [6.45, 7) is -0.639. The zero-order valence-corrected chi connectivity index (χ0v) is 19.5. The first-order valence-electron chi connectivity index (χ1n) is 9.97. The molecule has 2 amide bonds. The smallest absolute Gasteiger partial charge is 0.335 e. The van der Waals surface area contributed by atoms with Crippen LogP contribution in [-0.4, -0.2) is 43.2 Å². The molecule has 9 nitrogen and oxygen atoms in total. The molecule has 0 aliphatic heterocycles. The Balaban J connectivity index is 1.90. The van der Waals surface area contributed by atoms with Gasteiger partial charge in [0.1, 0.15) is 5.75 Å². The number of hydroxylamine groups is 1. The van der Waals surface area contributed by atoms with Gasteiger partial charge in [-0.2, -0.15) is 5.06 Å². The Morgan fingerprint density at radius 1 is 1.06 bits per heavy atom. The van der Waals surface area contributed by atoms with E-state index in [1.165, 1.54) is 25.2 Å². The molecule has 0 aliphatic rings. The summed E-state index contributed by atoms with van der Waals surface area (Å²) in [7, 11) is 1.44. The van der Waals surface area contributed by atoms with Crippen molar-refractivity contribution >= 4 is 57.4 Å². The van der Waals surface area contributed by atoms with Crippen LogP contribution in [0.1, 0.15) is 15.9 Å². The lowest BCUT2D eigenvalue weighted by Gasteiger charge is -2.22. The molecule has 4 N–H and O–H groups in total. The number of likely N-dealkylation sites (N-methyl/N-ethyl adjacent to an activating group) is 1. The highest BCUT2D eigenvalue weighted by atomic mass is 35.5. The molecule has 0 fully saturated rings. The van der Waals surface area contributed by atoms with Crippen LogP contribution in [0.4, 0.5) is 5.69 Å². The molecule has 0 aliphatic carbocycles. The molecule has 34 heavy (non-hydrogen) atoms. The highest BCUT2D eigenvalue weighted by Crippen LogP contribution is 2.36. The Morgan fingerprint density at radius 2 is 1.76 bits per heavy atom. The number of fused-ring (bicyclic) bond motifs is 1. The van der Waals surface area contributed by atoms with Crippen LogP contribution in [0.3, 0.4) is 0 Å². The van der Waals surface area contributed by atoms with Gasteiger partial charge in [-0.05, 0) is 47.3 Å². The highest BCUT2D eigenvalue weighted by molar-refractivity contribution is 6.39. The Bertz CT molecular complexity index is 1230. The molecule has 3 rings (SSSR count). The number of carbonyl (C=O) groups excluding carboxylic acids is 2. The van der Waals surface area contributed by atoms with Gasteiger partial charge in [0.2, 0.25) is 5.91 Å². The third-order valence-corrected chi connectivity index (χ3v) is 5.28. The lowest BCUT2D eigenvalue weighted by Crippen LogP contribution is -2.38. The quantitative estimate of drug-likeness (QED) is 0.379. The average molecular weight is 506 g/mol. The number of carboxylic acids is 1. The molecule has 0 atom stereocenters. The van der Waals surface area contributed by atoms with E-state index in [9.17, 15) is 19.5 Å². The molecular weight excluding hydrogens is 485 g/mol. The second-order valence-electron chi connectivity index (χ2n) is 7.06. The number of amides is 2. The molecule has 0 spiro atoms. The van der Waals surface area contributed by atoms with Crippen LogP contribution in [0.25, 0.3) is 10.8 Å². The molecule has 0 heterocycles. The zero-order chi connectivity index (χ0) is 24.8. The fourth-order valence-corrected chi connectivity index (χ4v) is 3.68. The number of benzene rings is 3. The monoisotopic (exact) mass is 505 g/mol. The SMILES string of the molecule is CNC(=O)CON(C(=O)COc1cc(C(=O)O)cc2cc(Cl)cc(Cl)c12)c1ccc(CN)cc1. The summed E-state index contributed by atoms with van der Waals surface area (Å²) in [5.74, 6) is -2.20. The number of hydrogen-bond donors (Lipinski definition) is 3. The van der Waals surface area contributed by atoms with Crippen LogP contribution in [0, 0.1) is 0 Å². The number of nitrogens with two attached hydrogens (primary N) is 1. The molecule has 0 saturated heterocycles. The number of aromatic carboxylic acids is 1. The van der Waals surface area contributed by atoms with Crippen LogP contribution >= 0.6 is 23.2 Å². The number of carbonyl (C=O) groups is 3. The van der Waals surface area contributed by atoms with Crippen molar-refractivity contribution in [2.24, 2.45) is 5.73 Å². The van der Waals surface area contributed by atoms with Crippen molar-refractivity contribution in [3.8, 4) is 5.75 Å². The molecule has 0 radical (unpaired) electrons. The molecule has 0 saturated carbocycles. The zero-order valence-electron chi connectivity index (χ0n) is 18.0. The van der Waals surface area contributed by atoms with E-state index in [1.807, 2.05) is 0 Å². The van der Waals surface area contributed by atoms with Crippen LogP contribution in [0.15, 0.2) is 48.5 Å². The largest absolute Gasteiger partial charge is 0.483 e. The number of hydrogen-bond acceptors (Lipinski definition) is 6. The van der Waals surface area contributed by atoms with E-state index < -0.39 is 31.0 Å². The fraction of sp³-hybridized carbons (Fsp3) is 0.174. The number of anilines is 1. The van der Waals surface area contributed by atoms with Crippen molar-refractivity contribution in [3.05, 3.63) is 69.7 Å². The van der Waals surface area contributed by atoms with Crippen molar-refractivity contribution in [3.63, 3.8) is 0 Å². The van der Waals surface area contributed by atoms with Crippen molar-refractivity contribution in [2.75, 3.05) is 25.3 Å². The number of nitrogens with zero attached hydrogens (tertiary/aromatic N) is 1. The van der Waals surface area contributed by atoms with E-state index in [2.05, 4.69) is 5.32 Å². The molecule has 0 unspecified atom stereocenters. The number of ether oxygens (including phenoxy) is 1. The second-order valence-corrected chi connectivity index (χ2v) is 7.90. The van der Waals surface area contributed by atoms with Gasteiger partial charge < -0.3 is 20.9 Å². The summed E-state index contributed by atoms with van der Waals surface area (Å²) >= 11 is 12.4. The van der Waals surface area contributed by atoms with Gasteiger partial charge in [-0.3, -0.25) is 14.4 Å². The van der Waals surface area contributed by atoms with Crippen molar-refractivity contribution in [1.29, 1.82) is 0 Å². The molecule has 3 aromatic rings. The van der Waals surface area contributed by atoms with Gasteiger partial charge in [-0.15, -0.1) is 0 Å². The van der Waals surface area contributed by atoms with E-state index in [1.54, 1.807) is 30.3 Å². The van der Waals surface area contributed by atoms with Crippen molar-refractivity contribution in [2.45, 2.75) is 6.54 Å². The average Bonchev–Trinajstić information content (AvgIpc) is 2.82. The van der Waals surface area contributed by atoms with Gasteiger partial charge in [0, 0.05) is 24.0 Å². The first-order valence-corrected chi connectivity index (χ1v) is 10.7. The fourth-order valence-electron chi connectivity index (χ4n) is 3.08. The number of carboxylic acid groups (broad SMARTS) is 1. The van der Waals surface area contributed by atoms with Gasteiger partial charge >= 0.3 is 5.97 Å². The van der Waals surface area contributed by atoms with Crippen LogP contribution < -0.4 is 20.9 Å². The van der Waals surface area contributed by atoms with E-state index in [4.69, 9.17) is 38.5 Å². The van der Waals surface area contributed by atoms with E-state index in [0.717, 1.165) is 10.6 Å². The topological polar surface area (TPSA) is 131 Å². The Hall–Kier alpha value is -3.37. The minimum atomic E-state index is -1.19. The summed E-state index contributed by atoms with van der Waals surface area (Å²) in [6, 6.07) is 12.4. The highest BCUT2D eigenvalue weighted by Gasteiger charge is 2.21. The van der Waals surface area contributed by atoms with E-state index >= 15 is 0 Å². The third-order valence-electron chi connectivity index (χ3n) is 4.76. The predicted molar refractivity (Wildman–Crippen MR) is 128 cm³/mol. The number of rotatable bonds is 9. The standard InChI is InChI=1S/C23H21Cl2N3O6/c1-27-20(29)11-34-28(17-4-2-13(10-26)3-5-17)21(30)12-33-19-8-15(23(31)32)6-14-7-16(24)9-18(25)22(14)19/h2-9H,10-12,26H2,1H3,(H,27,29)(H,31,32). The summed E-state index contributed by atoms with van der Waals surface area (Å²) in [6.07, 6.45) is 0. The Morgan fingerprint density at radius 3 is 2.38 bits per heavy atom. The van der Waals surface area contributed by atoms with Gasteiger partial charge in [0.05, 0.1) is 16.3 Å². The van der Waals surface area contributed by atoms with Crippen molar-refractivity contribution < 1.29 is 29.1 Å². The minimum Gasteiger partial charge on any atom is -0.483 e. The third kappa shape index (κ3) is 5.95. The maximum absolute atomic E-state index is 13.0. The summed E-state index contributed by atoms with van der Waals surface area (Å²) in [4.78, 5) is 41.7. The molecule has 3 aromatic carbocycles. The van der Waals surface area contributed by atoms with Gasteiger partial charge in [0.15, 0.2) is 13.2 Å². The van der Waals surface area contributed by atoms with Gasteiger partial charge in [0.25, 0.3) is 5.91 Å². The number of halogens is 2. The van der Waals surface area contributed by atoms with Crippen molar-refractivity contribution in [1.82, 2.24) is 5.32 Å². The summed E-state index contributed by atoms with van der Waals surface area (Å²) in [5.41, 5.74) is 6.74. The van der Waals surface area contributed by atoms with Gasteiger partial charge in [-0.25, -0.2) is 4.79 Å². The molecular formula is C23H21Cl2N3O6. The second kappa shape index (κ2) is 11.2. The van der Waals surface area contributed by atoms with Crippen LogP contribution in [0.2, 0.25) is 10.0 Å². The molecule has 178 valence electrons. The molecule has 0 bridgehead atoms. The first-order chi connectivity index (χ1) is 16.2. The number of nitrogens with one attached hydrogen (secondary N) is 1. The van der Waals surface area contributed by atoms with Crippen LogP contribution in [0.5, 0.6) is 5.75 Å². The predicted octanol–water partition coefficient (Wildman–Crippen LogP) is 3.39.